The minimum Gasteiger partial charge on any atom is -0.357 e. The Morgan fingerprint density at radius 2 is 1.86 bits per heavy atom. The third-order valence-corrected chi connectivity index (χ3v) is 4.72. The molecule has 2 rings (SSSR count). The number of rotatable bonds is 5. The molecule has 2 fully saturated rings. The molecule has 0 aromatic carbocycles. The molecule has 0 bridgehead atoms. The summed E-state index contributed by atoms with van der Waals surface area (Å²) in [6.45, 7) is 10.9. The van der Waals surface area contributed by atoms with Gasteiger partial charge in [-0.15, -0.1) is 0 Å². The molecule has 0 amide bonds. The topological polar surface area (TPSA) is 42.9 Å². The Kier molecular flexibility index (Phi) is 6.77. The van der Waals surface area contributed by atoms with Gasteiger partial charge in [-0.05, 0) is 33.7 Å². The van der Waals surface area contributed by atoms with Crippen molar-refractivity contribution >= 4 is 5.96 Å². The second-order valence-corrected chi connectivity index (χ2v) is 6.53. The van der Waals surface area contributed by atoms with E-state index >= 15 is 0 Å². The van der Waals surface area contributed by atoms with Crippen LogP contribution in [0.2, 0.25) is 0 Å². The largest absolute Gasteiger partial charge is 0.357 e. The van der Waals surface area contributed by atoms with E-state index in [0.717, 1.165) is 19.0 Å². The van der Waals surface area contributed by atoms with Crippen molar-refractivity contribution in [3.8, 4) is 0 Å². The summed E-state index contributed by atoms with van der Waals surface area (Å²) < 4.78 is 0. The highest BCUT2D eigenvalue weighted by Gasteiger charge is 2.19. The van der Waals surface area contributed by atoms with Crippen LogP contribution < -0.4 is 10.6 Å². The Labute approximate surface area is 130 Å². The van der Waals surface area contributed by atoms with Gasteiger partial charge < -0.3 is 15.5 Å². The zero-order chi connectivity index (χ0) is 15.1. The molecule has 0 radical (unpaired) electrons. The number of hydrogen-bond acceptors (Lipinski definition) is 3. The first kappa shape index (κ1) is 16.6. The van der Waals surface area contributed by atoms with Gasteiger partial charge in [0.1, 0.15) is 0 Å². The Morgan fingerprint density at radius 1 is 1.19 bits per heavy atom. The maximum Gasteiger partial charge on any atom is 0.191 e. The smallest absolute Gasteiger partial charge is 0.191 e. The number of nitrogens with zero attached hydrogens (tertiary/aromatic N) is 3. The van der Waals surface area contributed by atoms with E-state index < -0.39 is 0 Å². The first-order chi connectivity index (χ1) is 10.2. The fourth-order valence-corrected chi connectivity index (χ4v) is 3.19. The number of hydrogen-bond donors (Lipinski definition) is 2. The Balaban J connectivity index is 1.79. The van der Waals surface area contributed by atoms with Gasteiger partial charge in [0.2, 0.25) is 0 Å². The molecule has 1 atom stereocenters. The normalized spacial score (nSPS) is 24.2. The minimum absolute atomic E-state index is 0.526. The summed E-state index contributed by atoms with van der Waals surface area (Å²) in [7, 11) is 2.20. The quantitative estimate of drug-likeness (QED) is 0.589. The molecule has 1 aliphatic heterocycles. The second kappa shape index (κ2) is 8.59. The number of aliphatic imine (C=N–C) groups is 1. The fraction of sp³-hybridized carbons (Fsp3) is 0.938. The highest BCUT2D eigenvalue weighted by Crippen LogP contribution is 2.17. The van der Waals surface area contributed by atoms with Crippen LogP contribution in [0.1, 0.15) is 39.5 Å². The van der Waals surface area contributed by atoms with Crippen LogP contribution in [-0.4, -0.2) is 74.2 Å². The molecule has 5 heteroatoms. The van der Waals surface area contributed by atoms with Gasteiger partial charge in [0, 0.05) is 44.8 Å². The van der Waals surface area contributed by atoms with E-state index in [-0.39, 0.29) is 0 Å². The van der Waals surface area contributed by atoms with Crippen molar-refractivity contribution in [2.45, 2.75) is 51.6 Å². The summed E-state index contributed by atoms with van der Waals surface area (Å²) in [6, 6.07) is 1.15. The molecule has 1 saturated carbocycles. The molecule has 21 heavy (non-hydrogen) atoms. The minimum atomic E-state index is 0.526. The molecule has 1 unspecified atom stereocenters. The lowest BCUT2D eigenvalue weighted by molar-refractivity contribution is 0.122. The Bertz CT molecular complexity index is 317. The summed E-state index contributed by atoms with van der Waals surface area (Å²) in [4.78, 5) is 9.77. The highest BCUT2D eigenvalue weighted by atomic mass is 15.3. The zero-order valence-corrected chi connectivity index (χ0v) is 14.1. The summed E-state index contributed by atoms with van der Waals surface area (Å²) in [5.41, 5.74) is 0. The molecule has 122 valence electrons. The summed E-state index contributed by atoms with van der Waals surface area (Å²) in [5.74, 6) is 1.00. The van der Waals surface area contributed by atoms with Gasteiger partial charge in [-0.25, -0.2) is 0 Å². The van der Waals surface area contributed by atoms with E-state index in [1.807, 2.05) is 0 Å². The van der Waals surface area contributed by atoms with Crippen LogP contribution in [0.3, 0.4) is 0 Å². The molecule has 1 saturated heterocycles. The standard InChI is InChI=1S/C16H33N5/c1-4-17-16(19-15-7-5-6-8-15)18-13-14(2)21-11-9-20(3)10-12-21/h14-15H,4-13H2,1-3H3,(H2,17,18,19). The molecule has 5 nitrogen and oxygen atoms in total. The Hall–Kier alpha value is -0.810. The highest BCUT2D eigenvalue weighted by molar-refractivity contribution is 5.80. The fourth-order valence-electron chi connectivity index (χ4n) is 3.19. The van der Waals surface area contributed by atoms with Crippen LogP contribution in [0.15, 0.2) is 4.99 Å². The van der Waals surface area contributed by atoms with Gasteiger partial charge in [0.15, 0.2) is 5.96 Å². The van der Waals surface area contributed by atoms with Crippen molar-refractivity contribution in [3.05, 3.63) is 0 Å². The van der Waals surface area contributed by atoms with Crippen molar-refractivity contribution < 1.29 is 0 Å². The molecule has 1 aliphatic carbocycles. The van der Waals surface area contributed by atoms with Gasteiger partial charge in [-0.3, -0.25) is 9.89 Å². The maximum atomic E-state index is 4.81. The average molecular weight is 295 g/mol. The lowest BCUT2D eigenvalue weighted by Crippen LogP contribution is -2.49. The van der Waals surface area contributed by atoms with Crippen LogP contribution in [0, 0.1) is 0 Å². The predicted molar refractivity (Wildman–Crippen MR) is 89.9 cm³/mol. The van der Waals surface area contributed by atoms with Crippen molar-refractivity contribution in [1.29, 1.82) is 0 Å². The lowest BCUT2D eigenvalue weighted by atomic mass is 10.2. The van der Waals surface area contributed by atoms with Crippen molar-refractivity contribution in [2.75, 3.05) is 46.3 Å². The maximum absolute atomic E-state index is 4.81. The van der Waals surface area contributed by atoms with Gasteiger partial charge in [0.25, 0.3) is 0 Å². The van der Waals surface area contributed by atoms with Crippen LogP contribution in [0.4, 0.5) is 0 Å². The number of likely N-dealkylation sites (N-methyl/N-ethyl adjacent to an activating group) is 1. The summed E-state index contributed by atoms with van der Waals surface area (Å²) in [6.07, 6.45) is 5.29. The third kappa shape index (κ3) is 5.47. The average Bonchev–Trinajstić information content (AvgIpc) is 2.98. The number of guanidine groups is 1. The van der Waals surface area contributed by atoms with Gasteiger partial charge in [0.05, 0.1) is 6.54 Å². The third-order valence-electron chi connectivity index (χ3n) is 4.72. The van der Waals surface area contributed by atoms with Gasteiger partial charge in [-0.1, -0.05) is 12.8 Å². The van der Waals surface area contributed by atoms with Gasteiger partial charge in [-0.2, -0.15) is 0 Å². The zero-order valence-electron chi connectivity index (χ0n) is 14.1. The molecule has 0 aromatic rings. The van der Waals surface area contributed by atoms with Crippen molar-refractivity contribution in [2.24, 2.45) is 4.99 Å². The predicted octanol–water partition coefficient (Wildman–Crippen LogP) is 1.12. The van der Waals surface area contributed by atoms with E-state index in [0.29, 0.717) is 12.1 Å². The van der Waals surface area contributed by atoms with E-state index in [9.17, 15) is 0 Å². The first-order valence-corrected chi connectivity index (χ1v) is 8.66. The monoisotopic (exact) mass is 295 g/mol. The molecule has 2 N–H and O–H groups in total. The van der Waals surface area contributed by atoms with Crippen LogP contribution >= 0.6 is 0 Å². The summed E-state index contributed by atoms with van der Waals surface area (Å²) in [5, 5.41) is 6.98. The first-order valence-electron chi connectivity index (χ1n) is 8.66. The molecule has 0 spiro atoms. The molecule has 2 aliphatic rings. The number of nitrogens with one attached hydrogen (secondary N) is 2. The molecule has 0 aromatic heterocycles. The van der Waals surface area contributed by atoms with Crippen molar-refractivity contribution in [3.63, 3.8) is 0 Å². The van der Waals surface area contributed by atoms with Crippen molar-refractivity contribution in [1.82, 2.24) is 20.4 Å². The van der Waals surface area contributed by atoms with Crippen LogP contribution in [-0.2, 0) is 0 Å². The molecular formula is C16H33N5. The van der Waals surface area contributed by atoms with Crippen LogP contribution in [0.5, 0.6) is 0 Å². The van der Waals surface area contributed by atoms with E-state index in [1.165, 1.54) is 51.9 Å². The van der Waals surface area contributed by atoms with E-state index in [1.54, 1.807) is 0 Å². The Morgan fingerprint density at radius 3 is 2.48 bits per heavy atom. The lowest BCUT2D eigenvalue weighted by Gasteiger charge is -2.36. The summed E-state index contributed by atoms with van der Waals surface area (Å²) >= 11 is 0. The number of piperazine rings is 1. The van der Waals surface area contributed by atoms with E-state index in [2.05, 4.69) is 41.3 Å². The SMILES string of the molecule is CCNC(=NCC(C)N1CCN(C)CC1)NC1CCCC1. The molecular weight excluding hydrogens is 262 g/mol. The van der Waals surface area contributed by atoms with Gasteiger partial charge >= 0.3 is 0 Å². The van der Waals surface area contributed by atoms with E-state index in [4.69, 9.17) is 4.99 Å². The second-order valence-electron chi connectivity index (χ2n) is 6.53. The van der Waals surface area contributed by atoms with Crippen LogP contribution in [0.25, 0.3) is 0 Å². The molecule has 1 heterocycles.